The Bertz CT molecular complexity index is 275. The molecule has 1 aromatic heterocycles. The van der Waals surface area contributed by atoms with E-state index in [1.165, 1.54) is 10.6 Å². The number of aryl methyl sites for hydroxylation is 1. The van der Waals surface area contributed by atoms with Gasteiger partial charge in [0.25, 0.3) is 0 Å². The number of hydrogen-bond donors (Lipinski definition) is 1. The van der Waals surface area contributed by atoms with Crippen LogP contribution in [0, 0.1) is 6.92 Å². The van der Waals surface area contributed by atoms with Crippen LogP contribution in [0.2, 0.25) is 0 Å². The number of thiazole rings is 1. The van der Waals surface area contributed by atoms with Crippen LogP contribution in [-0.4, -0.2) is 41.2 Å². The van der Waals surface area contributed by atoms with Crippen LogP contribution in [0.1, 0.15) is 23.9 Å². The third-order valence-electron chi connectivity index (χ3n) is 2.58. The van der Waals surface area contributed by atoms with E-state index >= 15 is 0 Å². The van der Waals surface area contributed by atoms with E-state index in [1.54, 1.807) is 11.3 Å². The van der Waals surface area contributed by atoms with Crippen molar-refractivity contribution in [2.75, 3.05) is 26.2 Å². The third kappa shape index (κ3) is 4.28. The van der Waals surface area contributed by atoms with Crippen LogP contribution >= 0.6 is 11.3 Å². The van der Waals surface area contributed by atoms with E-state index in [2.05, 4.69) is 23.7 Å². The summed E-state index contributed by atoms with van der Waals surface area (Å²) in [5, 5.41) is 8.77. The lowest BCUT2D eigenvalue weighted by molar-refractivity contribution is 0.232. The lowest BCUT2D eigenvalue weighted by Crippen LogP contribution is -2.27. The minimum absolute atomic E-state index is 0.288. The quantitative estimate of drug-likeness (QED) is 0.771. The molecule has 1 rings (SSSR count). The van der Waals surface area contributed by atoms with Gasteiger partial charge in [0.05, 0.1) is 11.2 Å². The minimum atomic E-state index is 0.288. The fourth-order valence-corrected chi connectivity index (χ4v) is 2.32. The van der Waals surface area contributed by atoms with E-state index in [-0.39, 0.29) is 6.61 Å². The average Bonchev–Trinajstić information content (AvgIpc) is 2.65. The molecule has 0 aromatic carbocycles. The normalized spacial score (nSPS) is 11.2. The fraction of sp³-hybridized carbons (Fsp3) is 0.727. The summed E-state index contributed by atoms with van der Waals surface area (Å²) in [7, 11) is 0. The molecule has 0 aliphatic heterocycles. The highest BCUT2D eigenvalue weighted by Crippen LogP contribution is 2.13. The van der Waals surface area contributed by atoms with Gasteiger partial charge < -0.3 is 10.0 Å². The molecule has 15 heavy (non-hydrogen) atoms. The highest BCUT2D eigenvalue weighted by Gasteiger charge is 2.05. The molecule has 86 valence electrons. The molecule has 3 nitrogen and oxygen atoms in total. The summed E-state index contributed by atoms with van der Waals surface area (Å²) in [6.45, 7) is 7.63. The van der Waals surface area contributed by atoms with E-state index in [4.69, 9.17) is 5.11 Å². The van der Waals surface area contributed by atoms with Crippen molar-refractivity contribution in [2.45, 2.75) is 26.7 Å². The Balaban J connectivity index is 2.31. The summed E-state index contributed by atoms with van der Waals surface area (Å²) in [5.41, 5.74) is 3.08. The number of nitrogens with zero attached hydrogens (tertiary/aromatic N) is 2. The van der Waals surface area contributed by atoms with Gasteiger partial charge in [0.15, 0.2) is 0 Å². The Kier molecular flexibility index (Phi) is 5.83. The first-order valence-electron chi connectivity index (χ1n) is 5.50. The van der Waals surface area contributed by atoms with Crippen LogP contribution in [0.15, 0.2) is 5.51 Å². The molecule has 0 fully saturated rings. The zero-order chi connectivity index (χ0) is 11.1. The number of rotatable bonds is 7. The van der Waals surface area contributed by atoms with Crippen molar-refractivity contribution in [3.63, 3.8) is 0 Å². The van der Waals surface area contributed by atoms with Crippen molar-refractivity contribution in [3.8, 4) is 0 Å². The van der Waals surface area contributed by atoms with E-state index in [9.17, 15) is 0 Å². The van der Waals surface area contributed by atoms with E-state index in [1.807, 2.05) is 5.51 Å². The summed E-state index contributed by atoms with van der Waals surface area (Å²) >= 11 is 1.74. The second kappa shape index (κ2) is 6.93. The maximum absolute atomic E-state index is 8.77. The average molecular weight is 228 g/mol. The summed E-state index contributed by atoms with van der Waals surface area (Å²) in [5.74, 6) is 0. The first-order valence-corrected chi connectivity index (χ1v) is 6.38. The van der Waals surface area contributed by atoms with Crippen LogP contribution in [0.5, 0.6) is 0 Å². The van der Waals surface area contributed by atoms with Crippen LogP contribution in [0.4, 0.5) is 0 Å². The van der Waals surface area contributed by atoms with Crippen molar-refractivity contribution in [3.05, 3.63) is 16.1 Å². The summed E-state index contributed by atoms with van der Waals surface area (Å²) < 4.78 is 0. The molecule has 0 aliphatic rings. The van der Waals surface area contributed by atoms with Gasteiger partial charge in [0.2, 0.25) is 0 Å². The van der Waals surface area contributed by atoms with E-state index < -0.39 is 0 Å². The molecule has 0 saturated carbocycles. The summed E-state index contributed by atoms with van der Waals surface area (Å²) in [4.78, 5) is 8.00. The van der Waals surface area contributed by atoms with Crippen molar-refractivity contribution < 1.29 is 5.11 Å². The van der Waals surface area contributed by atoms with Gasteiger partial charge in [0.1, 0.15) is 0 Å². The van der Waals surface area contributed by atoms with Gasteiger partial charge in [-0.2, -0.15) is 0 Å². The molecule has 0 aliphatic carbocycles. The first kappa shape index (κ1) is 12.6. The number of likely N-dealkylation sites (N-methyl/N-ethyl adjacent to an activating group) is 1. The van der Waals surface area contributed by atoms with Gasteiger partial charge in [-0.15, -0.1) is 11.3 Å². The van der Waals surface area contributed by atoms with Crippen molar-refractivity contribution in [1.29, 1.82) is 0 Å². The maximum Gasteiger partial charge on any atom is 0.0797 e. The number of aliphatic hydroxyl groups excluding tert-OH is 1. The van der Waals surface area contributed by atoms with Crippen molar-refractivity contribution >= 4 is 11.3 Å². The van der Waals surface area contributed by atoms with Gasteiger partial charge in [-0.1, -0.05) is 6.92 Å². The fourth-order valence-electron chi connectivity index (χ4n) is 1.55. The molecule has 0 atom stereocenters. The lowest BCUT2D eigenvalue weighted by atomic mass is 10.2. The Morgan fingerprint density at radius 1 is 1.47 bits per heavy atom. The van der Waals surface area contributed by atoms with Crippen LogP contribution in [0.3, 0.4) is 0 Å². The van der Waals surface area contributed by atoms with Crippen LogP contribution in [-0.2, 0) is 6.42 Å². The zero-order valence-electron chi connectivity index (χ0n) is 9.57. The molecule has 0 bridgehead atoms. The van der Waals surface area contributed by atoms with Crippen molar-refractivity contribution in [2.24, 2.45) is 0 Å². The first-order chi connectivity index (χ1) is 7.27. The predicted molar refractivity (Wildman–Crippen MR) is 64.4 cm³/mol. The molecule has 0 spiro atoms. The molecule has 0 unspecified atom stereocenters. The Hall–Kier alpha value is -0.450. The summed E-state index contributed by atoms with van der Waals surface area (Å²) in [6, 6.07) is 0. The Morgan fingerprint density at radius 3 is 2.80 bits per heavy atom. The highest BCUT2D eigenvalue weighted by atomic mass is 32.1. The Labute approximate surface area is 95.8 Å². The number of aliphatic hydroxyl groups is 1. The lowest BCUT2D eigenvalue weighted by Gasteiger charge is -2.19. The maximum atomic E-state index is 8.77. The SMILES string of the molecule is CCN(CCCO)CCc1scnc1C. The second-order valence-electron chi connectivity index (χ2n) is 3.62. The highest BCUT2D eigenvalue weighted by molar-refractivity contribution is 7.09. The largest absolute Gasteiger partial charge is 0.396 e. The van der Waals surface area contributed by atoms with Crippen molar-refractivity contribution in [1.82, 2.24) is 9.88 Å². The standard InChI is InChI=1S/C11H20N2OS/c1-3-13(6-4-8-14)7-5-11-10(2)12-9-15-11/h9,14H,3-8H2,1-2H3. The molecule has 1 heterocycles. The monoisotopic (exact) mass is 228 g/mol. The molecule has 1 aromatic rings. The number of aromatic nitrogens is 1. The molecule has 1 N–H and O–H groups in total. The molecule has 0 amide bonds. The van der Waals surface area contributed by atoms with E-state index in [0.29, 0.717) is 0 Å². The van der Waals surface area contributed by atoms with Gasteiger partial charge >= 0.3 is 0 Å². The van der Waals surface area contributed by atoms with Crippen LogP contribution < -0.4 is 0 Å². The van der Waals surface area contributed by atoms with Gasteiger partial charge in [-0.05, 0) is 26.3 Å². The van der Waals surface area contributed by atoms with Gasteiger partial charge in [-0.25, -0.2) is 4.98 Å². The van der Waals surface area contributed by atoms with E-state index in [0.717, 1.165) is 32.5 Å². The van der Waals surface area contributed by atoms with Gasteiger partial charge in [0, 0.05) is 24.6 Å². The smallest absolute Gasteiger partial charge is 0.0797 e. The predicted octanol–water partition coefficient (Wildman–Crippen LogP) is 1.70. The third-order valence-corrected chi connectivity index (χ3v) is 3.57. The molecular formula is C11H20N2OS. The topological polar surface area (TPSA) is 36.4 Å². The summed E-state index contributed by atoms with van der Waals surface area (Å²) in [6.07, 6.45) is 1.95. The van der Waals surface area contributed by atoms with Gasteiger partial charge in [-0.3, -0.25) is 0 Å². The minimum Gasteiger partial charge on any atom is -0.396 e. The molecule has 4 heteroatoms. The molecule has 0 saturated heterocycles. The zero-order valence-corrected chi connectivity index (χ0v) is 10.4. The molecule has 0 radical (unpaired) electrons. The Morgan fingerprint density at radius 2 is 2.27 bits per heavy atom. The second-order valence-corrected chi connectivity index (χ2v) is 4.56. The number of hydrogen-bond acceptors (Lipinski definition) is 4. The van der Waals surface area contributed by atoms with Crippen LogP contribution in [0.25, 0.3) is 0 Å². The molecular weight excluding hydrogens is 208 g/mol.